The van der Waals surface area contributed by atoms with Crippen LogP contribution in [0.3, 0.4) is 0 Å². The van der Waals surface area contributed by atoms with Gasteiger partial charge in [-0.15, -0.1) is 0 Å². The lowest BCUT2D eigenvalue weighted by molar-refractivity contribution is 0.0524. The van der Waals surface area contributed by atoms with Crippen LogP contribution in [-0.4, -0.2) is 27.5 Å². The van der Waals surface area contributed by atoms with E-state index in [9.17, 15) is 4.79 Å². The molecule has 5 heteroatoms. The van der Waals surface area contributed by atoms with Gasteiger partial charge in [-0.2, -0.15) is 0 Å². The third kappa shape index (κ3) is 3.38. The third-order valence-electron chi connectivity index (χ3n) is 2.83. The molecular formula is C15H17N3O2. The number of ether oxygens (including phenoxy) is 1. The Morgan fingerprint density at radius 1 is 1.30 bits per heavy atom. The molecule has 5 nitrogen and oxygen atoms in total. The Morgan fingerprint density at radius 2 is 2.15 bits per heavy atom. The predicted octanol–water partition coefficient (Wildman–Crippen LogP) is 2.20. The van der Waals surface area contributed by atoms with Crippen molar-refractivity contribution in [1.29, 1.82) is 0 Å². The lowest BCUT2D eigenvalue weighted by atomic mass is 10.1. The van der Waals surface area contributed by atoms with Crippen LogP contribution in [0.2, 0.25) is 0 Å². The average molecular weight is 271 g/mol. The maximum Gasteiger partial charge on any atom is 0.341 e. The summed E-state index contributed by atoms with van der Waals surface area (Å²) in [6.07, 6.45) is 6.33. The molecule has 0 saturated heterocycles. The number of esters is 1. The number of pyridine rings is 1. The van der Waals surface area contributed by atoms with Gasteiger partial charge in [0.2, 0.25) is 0 Å². The Balaban J connectivity index is 2.23. The zero-order valence-electron chi connectivity index (χ0n) is 11.7. The highest BCUT2D eigenvalue weighted by Gasteiger charge is 2.14. The van der Waals surface area contributed by atoms with E-state index in [0.717, 1.165) is 11.3 Å². The van der Waals surface area contributed by atoms with Crippen LogP contribution in [0.15, 0.2) is 30.7 Å². The van der Waals surface area contributed by atoms with Crippen LogP contribution in [0.5, 0.6) is 0 Å². The fourth-order valence-electron chi connectivity index (χ4n) is 1.88. The lowest BCUT2D eigenvalue weighted by Gasteiger charge is -2.08. The van der Waals surface area contributed by atoms with E-state index < -0.39 is 0 Å². The van der Waals surface area contributed by atoms with Gasteiger partial charge in [-0.1, -0.05) is 13.0 Å². The van der Waals surface area contributed by atoms with E-state index in [-0.39, 0.29) is 5.97 Å². The normalized spacial score (nSPS) is 10.3. The number of hydrogen-bond acceptors (Lipinski definition) is 5. The molecule has 0 bridgehead atoms. The Labute approximate surface area is 118 Å². The second-order valence-corrected chi connectivity index (χ2v) is 4.26. The molecule has 0 saturated carbocycles. The SMILES string of the molecule is CCOC(=O)c1cnc(Cc2cccnc2)nc1CC. The van der Waals surface area contributed by atoms with Crippen LogP contribution in [0, 0.1) is 0 Å². The lowest BCUT2D eigenvalue weighted by Crippen LogP contribution is -2.12. The van der Waals surface area contributed by atoms with E-state index in [2.05, 4.69) is 15.0 Å². The molecule has 0 fully saturated rings. The van der Waals surface area contributed by atoms with E-state index in [0.29, 0.717) is 30.8 Å². The smallest absolute Gasteiger partial charge is 0.341 e. The second-order valence-electron chi connectivity index (χ2n) is 4.26. The van der Waals surface area contributed by atoms with Crippen molar-refractivity contribution in [3.8, 4) is 0 Å². The Kier molecular flexibility index (Phi) is 4.76. The summed E-state index contributed by atoms with van der Waals surface area (Å²) in [5.74, 6) is 0.320. The number of nitrogens with zero attached hydrogens (tertiary/aromatic N) is 3. The van der Waals surface area contributed by atoms with Crippen LogP contribution in [0.1, 0.15) is 41.3 Å². The van der Waals surface area contributed by atoms with E-state index >= 15 is 0 Å². The fraction of sp³-hybridized carbons (Fsp3) is 0.333. The summed E-state index contributed by atoms with van der Waals surface area (Å²) in [6.45, 7) is 4.08. The largest absolute Gasteiger partial charge is 0.462 e. The average Bonchev–Trinajstić information content (AvgIpc) is 2.48. The minimum absolute atomic E-state index is 0.347. The highest BCUT2D eigenvalue weighted by Crippen LogP contribution is 2.11. The zero-order valence-corrected chi connectivity index (χ0v) is 11.7. The van der Waals surface area contributed by atoms with Gasteiger partial charge in [0.25, 0.3) is 0 Å². The number of rotatable bonds is 5. The van der Waals surface area contributed by atoms with Crippen molar-refractivity contribution in [3.05, 3.63) is 53.4 Å². The van der Waals surface area contributed by atoms with Crippen LogP contribution in [0.4, 0.5) is 0 Å². The van der Waals surface area contributed by atoms with E-state index in [1.54, 1.807) is 25.5 Å². The van der Waals surface area contributed by atoms with E-state index in [1.165, 1.54) is 0 Å². The minimum atomic E-state index is -0.364. The number of aromatic nitrogens is 3. The number of aryl methyl sites for hydroxylation is 1. The van der Waals surface area contributed by atoms with E-state index in [4.69, 9.17) is 4.74 Å². The molecule has 0 radical (unpaired) electrons. The van der Waals surface area contributed by atoms with Crippen molar-refractivity contribution in [2.24, 2.45) is 0 Å². The van der Waals surface area contributed by atoms with Crippen LogP contribution in [0.25, 0.3) is 0 Å². The van der Waals surface area contributed by atoms with Gasteiger partial charge in [0, 0.05) is 25.0 Å². The van der Waals surface area contributed by atoms with Crippen LogP contribution < -0.4 is 0 Å². The molecule has 2 heterocycles. The molecule has 0 N–H and O–H groups in total. The number of carbonyl (C=O) groups excluding carboxylic acids is 1. The molecule has 0 aromatic carbocycles. The first-order valence-corrected chi connectivity index (χ1v) is 6.65. The molecule has 104 valence electrons. The zero-order chi connectivity index (χ0) is 14.4. The first-order chi connectivity index (χ1) is 9.74. The molecular weight excluding hydrogens is 254 g/mol. The predicted molar refractivity (Wildman–Crippen MR) is 74.4 cm³/mol. The molecule has 2 rings (SSSR count). The van der Waals surface area contributed by atoms with Crippen LogP contribution >= 0.6 is 0 Å². The molecule has 0 unspecified atom stereocenters. The van der Waals surface area contributed by atoms with Gasteiger partial charge in [-0.25, -0.2) is 14.8 Å². The summed E-state index contributed by atoms with van der Waals surface area (Å²) in [7, 11) is 0. The molecule has 0 spiro atoms. The number of carbonyl (C=O) groups is 1. The van der Waals surface area contributed by atoms with Gasteiger partial charge >= 0.3 is 5.97 Å². The molecule has 0 aliphatic heterocycles. The molecule has 0 amide bonds. The van der Waals surface area contributed by atoms with Gasteiger partial charge in [0.1, 0.15) is 5.82 Å². The highest BCUT2D eigenvalue weighted by atomic mass is 16.5. The topological polar surface area (TPSA) is 65.0 Å². The van der Waals surface area contributed by atoms with Crippen molar-refractivity contribution in [2.45, 2.75) is 26.7 Å². The van der Waals surface area contributed by atoms with Gasteiger partial charge in [0.05, 0.1) is 17.9 Å². The molecule has 0 atom stereocenters. The minimum Gasteiger partial charge on any atom is -0.462 e. The summed E-state index contributed by atoms with van der Waals surface area (Å²) in [6, 6.07) is 3.85. The second kappa shape index (κ2) is 6.75. The molecule has 20 heavy (non-hydrogen) atoms. The molecule has 0 aliphatic carbocycles. The Hall–Kier alpha value is -2.30. The standard InChI is InChI=1S/C15H17N3O2/c1-3-13-12(15(19)20-4-2)10-17-14(18-13)8-11-6-5-7-16-9-11/h5-7,9-10H,3-4,8H2,1-2H3. The van der Waals surface area contributed by atoms with Gasteiger partial charge in [-0.3, -0.25) is 4.98 Å². The molecule has 2 aromatic heterocycles. The van der Waals surface area contributed by atoms with Gasteiger partial charge in [-0.05, 0) is 25.0 Å². The van der Waals surface area contributed by atoms with E-state index in [1.807, 2.05) is 19.1 Å². The maximum atomic E-state index is 11.8. The fourth-order valence-corrected chi connectivity index (χ4v) is 1.88. The van der Waals surface area contributed by atoms with Gasteiger partial charge < -0.3 is 4.74 Å². The maximum absolute atomic E-state index is 11.8. The highest BCUT2D eigenvalue weighted by molar-refractivity contribution is 5.90. The van der Waals surface area contributed by atoms with Crippen LogP contribution in [-0.2, 0) is 17.6 Å². The Bertz CT molecular complexity index is 585. The van der Waals surface area contributed by atoms with Crippen molar-refractivity contribution in [1.82, 2.24) is 15.0 Å². The molecule has 2 aromatic rings. The summed E-state index contributed by atoms with van der Waals surface area (Å²) < 4.78 is 5.00. The van der Waals surface area contributed by atoms with Crippen molar-refractivity contribution in [2.75, 3.05) is 6.61 Å². The quantitative estimate of drug-likeness (QED) is 0.780. The van der Waals surface area contributed by atoms with Crippen molar-refractivity contribution in [3.63, 3.8) is 0 Å². The summed E-state index contributed by atoms with van der Waals surface area (Å²) >= 11 is 0. The summed E-state index contributed by atoms with van der Waals surface area (Å²) in [5.41, 5.74) is 2.21. The summed E-state index contributed by atoms with van der Waals surface area (Å²) in [4.78, 5) is 24.5. The first kappa shape index (κ1) is 14.1. The summed E-state index contributed by atoms with van der Waals surface area (Å²) in [5, 5.41) is 0. The monoisotopic (exact) mass is 271 g/mol. The number of hydrogen-bond donors (Lipinski definition) is 0. The Morgan fingerprint density at radius 3 is 2.80 bits per heavy atom. The van der Waals surface area contributed by atoms with Gasteiger partial charge in [0.15, 0.2) is 0 Å². The van der Waals surface area contributed by atoms with Crippen molar-refractivity contribution < 1.29 is 9.53 Å². The van der Waals surface area contributed by atoms with Crippen molar-refractivity contribution >= 4 is 5.97 Å². The third-order valence-corrected chi connectivity index (χ3v) is 2.83. The molecule has 0 aliphatic rings. The first-order valence-electron chi connectivity index (χ1n) is 6.65.